The van der Waals surface area contributed by atoms with Crippen molar-refractivity contribution in [3.8, 4) is 22.9 Å². The Morgan fingerprint density at radius 3 is 2.44 bits per heavy atom. The summed E-state index contributed by atoms with van der Waals surface area (Å²) in [7, 11) is 2.68. The van der Waals surface area contributed by atoms with Crippen LogP contribution in [0.3, 0.4) is 0 Å². The molecule has 0 aromatic carbocycles. The van der Waals surface area contributed by atoms with Crippen molar-refractivity contribution in [2.45, 2.75) is 45.0 Å². The predicted octanol–water partition coefficient (Wildman–Crippen LogP) is 4.49. The highest BCUT2D eigenvalue weighted by Gasteiger charge is 2.48. The van der Waals surface area contributed by atoms with Gasteiger partial charge in [0.1, 0.15) is 5.75 Å². The fourth-order valence-electron chi connectivity index (χ4n) is 3.48. The number of nitrogens with one attached hydrogen (secondary N) is 1. The average Bonchev–Trinajstić information content (AvgIpc) is 3.28. The summed E-state index contributed by atoms with van der Waals surface area (Å²) in [5, 5.41) is 1.94. The van der Waals surface area contributed by atoms with Gasteiger partial charge in [0.15, 0.2) is 11.7 Å². The Kier molecular flexibility index (Phi) is 7.55. The van der Waals surface area contributed by atoms with E-state index < -0.39 is 42.5 Å². The van der Waals surface area contributed by atoms with Gasteiger partial charge in [-0.05, 0) is 19.9 Å². The van der Waals surface area contributed by atoms with Crippen molar-refractivity contribution in [2.75, 3.05) is 20.8 Å². The van der Waals surface area contributed by atoms with Crippen molar-refractivity contribution < 1.29 is 36.2 Å². The summed E-state index contributed by atoms with van der Waals surface area (Å²) in [6.07, 6.45) is 0.707. The van der Waals surface area contributed by atoms with Gasteiger partial charge in [0.25, 0.3) is 11.8 Å². The molecule has 1 N–H and O–H groups in total. The average molecular weight is 516 g/mol. The lowest BCUT2D eigenvalue weighted by Crippen LogP contribution is -2.52. The lowest BCUT2D eigenvalue weighted by Gasteiger charge is -2.33. The molecule has 0 saturated carbocycles. The molecule has 2 unspecified atom stereocenters. The standard InChI is InChI=1S/C22H25F5N6O3/c1-6-33(20(34)30-12(2)21(3,23)24)17(22(25,26)27)14-9-13(16(35-4)10-29-14)15-11-32-8-7-28-18(32)19(31-15)36-5/h7-12,17H,6H2,1-5H3,(H,30,34). The molecule has 2 atom stereocenters. The molecule has 3 aromatic heterocycles. The summed E-state index contributed by atoms with van der Waals surface area (Å²) in [4.78, 5) is 25.4. The molecular weight excluding hydrogens is 491 g/mol. The van der Waals surface area contributed by atoms with E-state index in [9.17, 15) is 26.7 Å². The van der Waals surface area contributed by atoms with Crippen LogP contribution in [0.4, 0.5) is 26.7 Å². The second-order valence-corrected chi connectivity index (χ2v) is 7.96. The highest BCUT2D eigenvalue weighted by atomic mass is 19.4. The molecule has 2 amide bonds. The maximum atomic E-state index is 14.3. The van der Waals surface area contributed by atoms with E-state index in [0.29, 0.717) is 17.5 Å². The Hall–Kier alpha value is -3.71. The third-order valence-electron chi connectivity index (χ3n) is 5.52. The van der Waals surface area contributed by atoms with Crippen LogP contribution in [0.1, 0.15) is 32.5 Å². The lowest BCUT2D eigenvalue weighted by atomic mass is 10.1. The third-order valence-corrected chi connectivity index (χ3v) is 5.52. The molecule has 0 aliphatic rings. The first-order chi connectivity index (χ1) is 16.8. The Morgan fingerprint density at radius 1 is 1.19 bits per heavy atom. The first-order valence-corrected chi connectivity index (χ1v) is 10.7. The maximum Gasteiger partial charge on any atom is 0.414 e. The number of carbonyl (C=O) groups excluding carboxylic acids is 1. The third kappa shape index (κ3) is 5.41. The minimum Gasteiger partial charge on any atom is -0.494 e. The summed E-state index contributed by atoms with van der Waals surface area (Å²) < 4.78 is 82.1. The maximum absolute atomic E-state index is 14.3. The molecule has 0 aliphatic heterocycles. The van der Waals surface area contributed by atoms with Crippen LogP contribution in [0, 0.1) is 0 Å². The van der Waals surface area contributed by atoms with Crippen LogP contribution in [-0.2, 0) is 0 Å². The van der Waals surface area contributed by atoms with Gasteiger partial charge in [0.2, 0.25) is 0 Å². The zero-order valence-electron chi connectivity index (χ0n) is 20.1. The van der Waals surface area contributed by atoms with Crippen LogP contribution in [-0.4, -0.2) is 69.2 Å². The predicted molar refractivity (Wildman–Crippen MR) is 119 cm³/mol. The minimum absolute atomic E-state index is 0.112. The summed E-state index contributed by atoms with van der Waals surface area (Å²) in [6.45, 7) is 2.43. The minimum atomic E-state index is -4.98. The molecule has 3 aromatic rings. The largest absolute Gasteiger partial charge is 0.494 e. The van der Waals surface area contributed by atoms with Crippen molar-refractivity contribution in [3.05, 3.63) is 36.5 Å². The molecule has 14 heteroatoms. The number of carbonyl (C=O) groups is 1. The monoisotopic (exact) mass is 516 g/mol. The molecule has 0 saturated heterocycles. The number of rotatable bonds is 8. The van der Waals surface area contributed by atoms with Gasteiger partial charge in [-0.15, -0.1) is 0 Å². The molecule has 0 spiro atoms. The number of imidazole rings is 1. The van der Waals surface area contributed by atoms with Gasteiger partial charge in [-0.25, -0.2) is 23.5 Å². The Balaban J connectivity index is 2.12. The van der Waals surface area contributed by atoms with Gasteiger partial charge >= 0.3 is 12.2 Å². The number of hydrogen-bond acceptors (Lipinski definition) is 6. The van der Waals surface area contributed by atoms with Gasteiger partial charge in [0, 0.05) is 37.6 Å². The van der Waals surface area contributed by atoms with Crippen LogP contribution in [0.15, 0.2) is 30.9 Å². The molecule has 0 bridgehead atoms. The number of urea groups is 1. The number of nitrogens with zero attached hydrogens (tertiary/aromatic N) is 5. The van der Waals surface area contributed by atoms with E-state index in [4.69, 9.17) is 9.47 Å². The number of ether oxygens (including phenoxy) is 2. The first kappa shape index (κ1) is 26.9. The van der Waals surface area contributed by atoms with Crippen LogP contribution in [0.25, 0.3) is 16.9 Å². The quantitative estimate of drug-likeness (QED) is 0.444. The molecule has 0 aliphatic carbocycles. The zero-order chi connectivity index (χ0) is 26.8. The number of fused-ring (bicyclic) bond motifs is 1. The summed E-state index contributed by atoms with van der Waals surface area (Å²) in [6, 6.07) is -4.46. The number of methoxy groups -OCH3 is 2. The SMILES string of the molecule is CCN(C(=O)NC(C)C(C)(F)F)C(c1cc(-c2cn3ccnc3c(OC)n2)c(OC)cn1)C(F)(F)F. The van der Waals surface area contributed by atoms with Gasteiger partial charge in [0.05, 0.1) is 37.8 Å². The fraction of sp³-hybridized carbons (Fsp3) is 0.455. The van der Waals surface area contributed by atoms with Crippen molar-refractivity contribution in [2.24, 2.45) is 0 Å². The summed E-state index contributed by atoms with van der Waals surface area (Å²) in [5.74, 6) is -3.11. The number of amides is 2. The van der Waals surface area contributed by atoms with Crippen LogP contribution >= 0.6 is 0 Å². The summed E-state index contributed by atoms with van der Waals surface area (Å²) >= 11 is 0. The molecular formula is C22H25F5N6O3. The first-order valence-electron chi connectivity index (χ1n) is 10.7. The van der Waals surface area contributed by atoms with E-state index in [2.05, 4.69) is 15.0 Å². The van der Waals surface area contributed by atoms with Crippen LogP contribution in [0.5, 0.6) is 11.6 Å². The Bertz CT molecular complexity index is 1230. The van der Waals surface area contributed by atoms with E-state index in [0.717, 1.165) is 19.2 Å². The second kappa shape index (κ2) is 10.1. The zero-order valence-corrected chi connectivity index (χ0v) is 20.1. The number of halogens is 5. The normalized spacial score (nSPS) is 13.8. The highest BCUT2D eigenvalue weighted by molar-refractivity contribution is 5.75. The van der Waals surface area contributed by atoms with Crippen LogP contribution in [0.2, 0.25) is 0 Å². The van der Waals surface area contributed by atoms with Crippen molar-refractivity contribution in [3.63, 3.8) is 0 Å². The fourth-order valence-corrected chi connectivity index (χ4v) is 3.48. The number of pyridine rings is 1. The van der Waals surface area contributed by atoms with Crippen molar-refractivity contribution in [1.82, 2.24) is 29.6 Å². The number of hydrogen-bond donors (Lipinski definition) is 1. The van der Waals surface area contributed by atoms with Gasteiger partial charge < -0.3 is 24.1 Å². The smallest absolute Gasteiger partial charge is 0.414 e. The molecule has 196 valence electrons. The Morgan fingerprint density at radius 2 is 1.89 bits per heavy atom. The lowest BCUT2D eigenvalue weighted by molar-refractivity contribution is -0.179. The number of alkyl halides is 5. The second-order valence-electron chi connectivity index (χ2n) is 7.96. The van der Waals surface area contributed by atoms with E-state index >= 15 is 0 Å². The molecule has 9 nitrogen and oxygen atoms in total. The van der Waals surface area contributed by atoms with Crippen molar-refractivity contribution in [1.29, 1.82) is 0 Å². The molecule has 0 fully saturated rings. The van der Waals surface area contributed by atoms with E-state index in [-0.39, 0.29) is 22.9 Å². The van der Waals surface area contributed by atoms with E-state index in [1.807, 2.05) is 5.32 Å². The van der Waals surface area contributed by atoms with E-state index in [1.54, 1.807) is 10.6 Å². The molecule has 3 heterocycles. The van der Waals surface area contributed by atoms with E-state index in [1.165, 1.54) is 33.5 Å². The van der Waals surface area contributed by atoms with Gasteiger partial charge in [-0.2, -0.15) is 13.2 Å². The van der Waals surface area contributed by atoms with Crippen LogP contribution < -0.4 is 14.8 Å². The summed E-state index contributed by atoms with van der Waals surface area (Å²) in [5.41, 5.74) is 0.150. The number of aromatic nitrogens is 4. The highest BCUT2D eigenvalue weighted by Crippen LogP contribution is 2.40. The molecule has 36 heavy (non-hydrogen) atoms. The molecule has 0 radical (unpaired) electrons. The van der Waals surface area contributed by atoms with Crippen molar-refractivity contribution >= 4 is 11.7 Å². The Labute approximate surface area is 203 Å². The molecule has 3 rings (SSSR count). The van der Waals surface area contributed by atoms with Gasteiger partial charge in [-0.3, -0.25) is 4.98 Å². The topological polar surface area (TPSA) is 93.9 Å². The van der Waals surface area contributed by atoms with Gasteiger partial charge in [-0.1, -0.05) is 0 Å².